The molecule has 0 saturated heterocycles. The number of aromatic nitrogens is 2. The van der Waals surface area contributed by atoms with Gasteiger partial charge in [-0.15, -0.1) is 0 Å². The van der Waals surface area contributed by atoms with Gasteiger partial charge in [-0.3, -0.25) is 0 Å². The van der Waals surface area contributed by atoms with Crippen molar-refractivity contribution in [2.75, 3.05) is 11.9 Å². The Morgan fingerprint density at radius 2 is 1.46 bits per heavy atom. The van der Waals surface area contributed by atoms with Crippen molar-refractivity contribution in [1.82, 2.24) is 9.89 Å². The molecule has 0 spiro atoms. The maximum Gasteiger partial charge on any atom is 0.282 e. The molecule has 0 radical (unpaired) electrons. The molecular weight excluding hydrogens is 533 g/mol. The topological polar surface area (TPSA) is 133 Å². The molecule has 1 aromatic heterocycles. The van der Waals surface area contributed by atoms with Crippen LogP contribution in [0.2, 0.25) is 0 Å². The zero-order chi connectivity index (χ0) is 27.2. The number of ether oxygens (including phenoxy) is 1. The van der Waals surface area contributed by atoms with Crippen LogP contribution < -0.4 is 14.7 Å². The van der Waals surface area contributed by atoms with Gasteiger partial charge in [0.25, 0.3) is 16.4 Å². The highest BCUT2D eigenvalue weighted by Gasteiger charge is 2.22. The minimum Gasteiger partial charge on any atom is -0.494 e. The number of hydrogen-bond acceptors (Lipinski definition) is 6. The molecule has 3 N–H and O–H groups in total. The monoisotopic (exact) mass is 554 g/mol. The summed E-state index contributed by atoms with van der Waals surface area (Å²) in [4.78, 5) is 2.87. The predicted molar refractivity (Wildman–Crippen MR) is 130 cm³/mol. The van der Waals surface area contributed by atoms with E-state index in [1.165, 1.54) is 55.6 Å². The molecule has 196 valence electrons. The Hall–Kier alpha value is -3.88. The average molecular weight is 555 g/mol. The fourth-order valence-electron chi connectivity index (χ4n) is 2.98. The van der Waals surface area contributed by atoms with Crippen LogP contribution in [0.3, 0.4) is 0 Å². The molecule has 0 saturated carbocycles. The first kappa shape index (κ1) is 27.7. The standard InChI is InChI=1S/C17H14F3N3O3S.C6H7NO2S/c1-26-16-8-7-11(9-13(16)18)15-10-14(17(19)20)21-23(15)22-27(24,25)12-5-3-2-4-6-12;7-10(8,9)6-4-2-1-3-5-6/h2-10,17,22H,1H3;1-5H,(H2,7,8,9). The highest BCUT2D eigenvalue weighted by atomic mass is 32.2. The van der Waals surface area contributed by atoms with Gasteiger partial charge in [0.1, 0.15) is 5.69 Å². The van der Waals surface area contributed by atoms with Crippen LogP contribution in [0.5, 0.6) is 5.75 Å². The summed E-state index contributed by atoms with van der Waals surface area (Å²) in [6, 6.07) is 20.0. The molecule has 0 aliphatic heterocycles. The van der Waals surface area contributed by atoms with Gasteiger partial charge < -0.3 is 4.74 Å². The third-order valence-electron chi connectivity index (χ3n) is 4.73. The molecule has 0 aliphatic carbocycles. The van der Waals surface area contributed by atoms with Crippen LogP contribution in [-0.4, -0.2) is 33.8 Å². The molecule has 0 atom stereocenters. The van der Waals surface area contributed by atoms with Crippen LogP contribution in [0, 0.1) is 5.82 Å². The lowest BCUT2D eigenvalue weighted by molar-refractivity contribution is 0.145. The molecule has 0 bridgehead atoms. The summed E-state index contributed by atoms with van der Waals surface area (Å²) in [5.74, 6) is -0.768. The molecule has 0 aliphatic rings. The molecular formula is C23H21F3N4O5S2. The van der Waals surface area contributed by atoms with E-state index >= 15 is 0 Å². The van der Waals surface area contributed by atoms with Gasteiger partial charge >= 0.3 is 0 Å². The summed E-state index contributed by atoms with van der Waals surface area (Å²) in [7, 11) is -6.31. The van der Waals surface area contributed by atoms with E-state index in [9.17, 15) is 30.0 Å². The number of alkyl halides is 2. The number of nitrogens with one attached hydrogen (secondary N) is 1. The number of methoxy groups -OCH3 is 1. The summed E-state index contributed by atoms with van der Waals surface area (Å²) in [6.45, 7) is 0. The Bertz CT molecular complexity index is 1560. The lowest BCUT2D eigenvalue weighted by Crippen LogP contribution is -2.25. The van der Waals surface area contributed by atoms with Gasteiger partial charge in [0.15, 0.2) is 11.6 Å². The molecule has 9 nitrogen and oxygen atoms in total. The summed E-state index contributed by atoms with van der Waals surface area (Å²) in [5.41, 5.74) is -0.563. The van der Waals surface area contributed by atoms with Crippen LogP contribution in [0.1, 0.15) is 12.1 Å². The van der Waals surface area contributed by atoms with E-state index in [2.05, 4.69) is 9.93 Å². The van der Waals surface area contributed by atoms with Crippen molar-refractivity contribution in [2.24, 2.45) is 5.14 Å². The zero-order valence-corrected chi connectivity index (χ0v) is 20.8. The molecule has 4 aromatic rings. The number of primary sulfonamides is 1. The normalized spacial score (nSPS) is 11.5. The molecule has 0 fully saturated rings. The minimum absolute atomic E-state index is 0.0382. The van der Waals surface area contributed by atoms with E-state index in [0.717, 1.165) is 12.1 Å². The van der Waals surface area contributed by atoms with Crippen molar-refractivity contribution in [2.45, 2.75) is 16.2 Å². The van der Waals surface area contributed by atoms with Crippen molar-refractivity contribution in [3.8, 4) is 17.0 Å². The van der Waals surface area contributed by atoms with Crippen molar-refractivity contribution < 1.29 is 34.7 Å². The maximum atomic E-state index is 14.0. The summed E-state index contributed by atoms with van der Waals surface area (Å²) in [6.07, 6.45) is -2.94. The van der Waals surface area contributed by atoms with Gasteiger partial charge in [0.2, 0.25) is 10.0 Å². The van der Waals surface area contributed by atoms with Crippen molar-refractivity contribution in [1.29, 1.82) is 0 Å². The molecule has 3 aromatic carbocycles. The first-order valence-electron chi connectivity index (χ1n) is 10.3. The average Bonchev–Trinajstić information content (AvgIpc) is 3.28. The smallest absolute Gasteiger partial charge is 0.282 e. The summed E-state index contributed by atoms with van der Waals surface area (Å²) in [5, 5.41) is 8.42. The fraction of sp³-hybridized carbons (Fsp3) is 0.0870. The Balaban J connectivity index is 0.000000319. The number of hydrogen-bond donors (Lipinski definition) is 2. The van der Waals surface area contributed by atoms with Crippen LogP contribution in [0.15, 0.2) is 94.7 Å². The van der Waals surface area contributed by atoms with Gasteiger partial charge in [-0.25, -0.2) is 26.7 Å². The highest BCUT2D eigenvalue weighted by molar-refractivity contribution is 7.92. The molecule has 4 rings (SSSR count). The third kappa shape index (κ3) is 7.09. The summed E-state index contributed by atoms with van der Waals surface area (Å²) >= 11 is 0. The summed E-state index contributed by atoms with van der Waals surface area (Å²) < 4.78 is 91.2. The van der Waals surface area contributed by atoms with Gasteiger partial charge in [-0.1, -0.05) is 36.4 Å². The molecule has 14 heteroatoms. The quantitative estimate of drug-likeness (QED) is 0.356. The maximum absolute atomic E-state index is 14.0. The van der Waals surface area contributed by atoms with Gasteiger partial charge in [-0.2, -0.15) is 23.1 Å². The number of sulfonamides is 2. The van der Waals surface area contributed by atoms with E-state index in [0.29, 0.717) is 4.79 Å². The molecule has 0 unspecified atom stereocenters. The second-order valence-corrected chi connectivity index (χ2v) is 10.5. The Kier molecular flexibility index (Phi) is 8.57. The number of halogens is 3. The number of nitrogens with zero attached hydrogens (tertiary/aromatic N) is 2. The van der Waals surface area contributed by atoms with Crippen LogP contribution in [-0.2, 0) is 20.0 Å². The zero-order valence-electron chi connectivity index (χ0n) is 19.1. The van der Waals surface area contributed by atoms with Crippen molar-refractivity contribution >= 4 is 20.0 Å². The Morgan fingerprint density at radius 3 is 1.92 bits per heavy atom. The van der Waals surface area contributed by atoms with E-state index in [1.54, 1.807) is 24.3 Å². The van der Waals surface area contributed by atoms with Crippen LogP contribution >= 0.6 is 0 Å². The molecule has 1 heterocycles. The molecule has 37 heavy (non-hydrogen) atoms. The fourth-order valence-corrected chi connectivity index (χ4v) is 4.51. The van der Waals surface area contributed by atoms with Crippen molar-refractivity contribution in [3.05, 3.63) is 96.4 Å². The first-order chi connectivity index (χ1) is 17.4. The van der Waals surface area contributed by atoms with E-state index in [1.807, 2.05) is 0 Å². The second-order valence-electron chi connectivity index (χ2n) is 7.28. The first-order valence-corrected chi connectivity index (χ1v) is 13.3. The van der Waals surface area contributed by atoms with Crippen LogP contribution in [0.4, 0.5) is 13.2 Å². The van der Waals surface area contributed by atoms with E-state index in [4.69, 9.17) is 9.88 Å². The number of nitrogens with two attached hydrogens (primary N) is 1. The third-order valence-corrected chi connectivity index (χ3v) is 6.97. The Morgan fingerprint density at radius 1 is 0.892 bits per heavy atom. The van der Waals surface area contributed by atoms with Gasteiger partial charge in [0.05, 0.1) is 22.6 Å². The number of benzene rings is 3. The van der Waals surface area contributed by atoms with E-state index < -0.39 is 38.0 Å². The highest BCUT2D eigenvalue weighted by Crippen LogP contribution is 2.29. The lowest BCUT2D eigenvalue weighted by Gasteiger charge is -2.11. The van der Waals surface area contributed by atoms with Gasteiger partial charge in [-0.05, 0) is 48.5 Å². The predicted octanol–water partition coefficient (Wildman–Crippen LogP) is 3.90. The lowest BCUT2D eigenvalue weighted by atomic mass is 10.1. The SMILES string of the molecule is COc1ccc(-c2cc(C(F)F)nn2NS(=O)(=O)c2ccccc2)cc1F.NS(=O)(=O)c1ccccc1. The van der Waals surface area contributed by atoms with Gasteiger partial charge in [0, 0.05) is 5.56 Å². The van der Waals surface area contributed by atoms with Crippen molar-refractivity contribution in [3.63, 3.8) is 0 Å². The van der Waals surface area contributed by atoms with E-state index in [-0.39, 0.29) is 26.8 Å². The van der Waals surface area contributed by atoms with Crippen LogP contribution in [0.25, 0.3) is 11.3 Å². The molecule has 0 amide bonds. The second kappa shape index (κ2) is 11.5. The largest absolute Gasteiger partial charge is 0.494 e. The minimum atomic E-state index is -4.09. The Labute approximate surface area is 211 Å². The number of rotatable bonds is 7.